The van der Waals surface area contributed by atoms with Crippen LogP contribution in [0.2, 0.25) is 5.02 Å². The lowest BCUT2D eigenvalue weighted by atomic mass is 9.93. The second kappa shape index (κ2) is 5.23. The summed E-state index contributed by atoms with van der Waals surface area (Å²) in [7, 11) is 0. The molecule has 1 unspecified atom stereocenters. The van der Waals surface area contributed by atoms with Gasteiger partial charge in [0.15, 0.2) is 0 Å². The molecule has 0 aliphatic rings. The molecule has 1 atom stereocenters. The van der Waals surface area contributed by atoms with Gasteiger partial charge in [0.25, 0.3) is 5.56 Å². The Bertz CT molecular complexity index is 856. The lowest BCUT2D eigenvalue weighted by Gasteiger charge is -2.14. The zero-order chi connectivity index (χ0) is 15.0. The van der Waals surface area contributed by atoms with E-state index in [1.54, 1.807) is 18.3 Å². The topological polar surface area (TPSA) is 108 Å². The molecule has 5 N–H and O–H groups in total. The zero-order valence-corrected chi connectivity index (χ0v) is 11.7. The van der Waals surface area contributed by atoms with Crippen molar-refractivity contribution in [3.8, 4) is 0 Å². The minimum Gasteiger partial charge on any atom is -0.395 e. The van der Waals surface area contributed by atoms with Crippen LogP contribution in [0.4, 0.5) is 5.95 Å². The number of anilines is 1. The predicted molar refractivity (Wildman–Crippen MR) is 81.5 cm³/mol. The summed E-state index contributed by atoms with van der Waals surface area (Å²) in [5.74, 6) is -0.303. The molecule has 3 rings (SSSR count). The Labute approximate surface area is 124 Å². The van der Waals surface area contributed by atoms with E-state index in [-0.39, 0.29) is 24.0 Å². The minimum absolute atomic E-state index is 0.0381. The number of fused-ring (bicyclic) bond motifs is 1. The lowest BCUT2D eigenvalue weighted by Crippen LogP contribution is -2.12. The van der Waals surface area contributed by atoms with Gasteiger partial charge in [-0.2, -0.15) is 0 Å². The zero-order valence-electron chi connectivity index (χ0n) is 10.9. The van der Waals surface area contributed by atoms with Gasteiger partial charge >= 0.3 is 0 Å². The van der Waals surface area contributed by atoms with Crippen LogP contribution in [-0.4, -0.2) is 26.7 Å². The van der Waals surface area contributed by atoms with Gasteiger partial charge in [-0.3, -0.25) is 9.78 Å². The van der Waals surface area contributed by atoms with E-state index in [2.05, 4.69) is 15.0 Å². The minimum atomic E-state index is -0.342. The highest BCUT2D eigenvalue weighted by Gasteiger charge is 2.20. The molecule has 6 nitrogen and oxygen atoms in total. The normalized spacial score (nSPS) is 12.7. The first-order chi connectivity index (χ1) is 10.1. The standard InChI is InChI=1S/C14H13ClN4O2/c15-8-3-1-2-7(4-8)10(6-20)9-5-17-12-11(9)18-14(16)19-13(12)21/h1-5,10,17,20H,6H2,(H3,16,18,19,21). The van der Waals surface area contributed by atoms with Crippen molar-refractivity contribution < 1.29 is 5.11 Å². The number of aromatic nitrogens is 3. The molecule has 7 heteroatoms. The second-order valence-electron chi connectivity index (χ2n) is 4.71. The van der Waals surface area contributed by atoms with Gasteiger partial charge in [0.05, 0.1) is 6.61 Å². The summed E-state index contributed by atoms with van der Waals surface area (Å²) >= 11 is 6.00. The summed E-state index contributed by atoms with van der Waals surface area (Å²) in [6, 6.07) is 7.21. The van der Waals surface area contributed by atoms with Crippen LogP contribution in [0.3, 0.4) is 0 Å². The van der Waals surface area contributed by atoms with Crippen molar-refractivity contribution in [3.63, 3.8) is 0 Å². The van der Waals surface area contributed by atoms with Crippen molar-refractivity contribution in [2.45, 2.75) is 5.92 Å². The van der Waals surface area contributed by atoms with E-state index in [0.717, 1.165) is 5.56 Å². The predicted octanol–water partition coefficient (Wildman–Crippen LogP) is 1.61. The fourth-order valence-electron chi connectivity index (χ4n) is 2.42. The van der Waals surface area contributed by atoms with Crippen LogP contribution in [-0.2, 0) is 0 Å². The van der Waals surface area contributed by atoms with Crippen LogP contribution in [0, 0.1) is 0 Å². The van der Waals surface area contributed by atoms with Gasteiger partial charge in [-0.25, -0.2) is 4.98 Å². The monoisotopic (exact) mass is 304 g/mol. The largest absolute Gasteiger partial charge is 0.395 e. The molecule has 21 heavy (non-hydrogen) atoms. The average molecular weight is 305 g/mol. The number of halogens is 1. The van der Waals surface area contributed by atoms with E-state index in [0.29, 0.717) is 21.6 Å². The van der Waals surface area contributed by atoms with E-state index >= 15 is 0 Å². The summed E-state index contributed by atoms with van der Waals surface area (Å²) in [6.07, 6.45) is 1.66. The molecule has 0 fully saturated rings. The number of hydrogen-bond donors (Lipinski definition) is 4. The van der Waals surface area contributed by atoms with E-state index < -0.39 is 0 Å². The highest BCUT2D eigenvalue weighted by Crippen LogP contribution is 2.30. The molecule has 2 heterocycles. The first-order valence-electron chi connectivity index (χ1n) is 6.33. The molecule has 3 aromatic rings. The smallest absolute Gasteiger partial charge is 0.276 e. The summed E-state index contributed by atoms with van der Waals surface area (Å²) in [6.45, 7) is -0.137. The van der Waals surface area contributed by atoms with Crippen molar-refractivity contribution in [3.05, 3.63) is 57.0 Å². The van der Waals surface area contributed by atoms with Crippen LogP contribution in [0.15, 0.2) is 35.3 Å². The molecule has 0 amide bonds. The van der Waals surface area contributed by atoms with Gasteiger partial charge in [0, 0.05) is 22.7 Å². The van der Waals surface area contributed by atoms with Crippen molar-refractivity contribution in [2.24, 2.45) is 0 Å². The van der Waals surface area contributed by atoms with Gasteiger partial charge in [-0.05, 0) is 17.7 Å². The first-order valence-corrected chi connectivity index (χ1v) is 6.71. The Balaban J connectivity index is 2.20. The highest BCUT2D eigenvalue weighted by atomic mass is 35.5. The number of nitrogen functional groups attached to an aromatic ring is 1. The quantitative estimate of drug-likeness (QED) is 0.589. The van der Waals surface area contributed by atoms with Gasteiger partial charge in [-0.1, -0.05) is 23.7 Å². The van der Waals surface area contributed by atoms with Crippen LogP contribution in [0.25, 0.3) is 11.0 Å². The van der Waals surface area contributed by atoms with Crippen molar-refractivity contribution >= 4 is 28.6 Å². The number of benzene rings is 1. The fraction of sp³-hybridized carbons (Fsp3) is 0.143. The summed E-state index contributed by atoms with van der Waals surface area (Å²) in [5, 5.41) is 10.3. The molecule has 0 aliphatic heterocycles. The number of aliphatic hydroxyl groups is 1. The summed E-state index contributed by atoms with van der Waals surface area (Å²) < 4.78 is 0. The van der Waals surface area contributed by atoms with Crippen LogP contribution in [0.5, 0.6) is 0 Å². The Morgan fingerprint density at radius 3 is 2.95 bits per heavy atom. The maximum atomic E-state index is 11.8. The van der Waals surface area contributed by atoms with Crippen LogP contribution >= 0.6 is 11.6 Å². The maximum Gasteiger partial charge on any atom is 0.276 e. The van der Waals surface area contributed by atoms with Crippen LogP contribution in [0.1, 0.15) is 17.0 Å². The van der Waals surface area contributed by atoms with Gasteiger partial charge in [0.2, 0.25) is 5.95 Å². The highest BCUT2D eigenvalue weighted by molar-refractivity contribution is 6.30. The third-order valence-corrected chi connectivity index (χ3v) is 3.63. The number of H-pyrrole nitrogens is 2. The average Bonchev–Trinajstić information content (AvgIpc) is 2.84. The molecule has 108 valence electrons. The molecule has 0 saturated carbocycles. The van der Waals surface area contributed by atoms with Gasteiger partial charge in [-0.15, -0.1) is 0 Å². The molecule has 0 aliphatic carbocycles. The Kier molecular flexibility index (Phi) is 3.40. The number of aliphatic hydroxyl groups excluding tert-OH is 1. The Morgan fingerprint density at radius 2 is 2.24 bits per heavy atom. The maximum absolute atomic E-state index is 11.8. The molecular weight excluding hydrogens is 292 g/mol. The number of rotatable bonds is 3. The number of nitrogens with one attached hydrogen (secondary N) is 2. The molecule has 0 bridgehead atoms. The molecule has 0 saturated heterocycles. The number of aromatic amines is 2. The van der Waals surface area contributed by atoms with E-state index in [1.165, 1.54) is 0 Å². The first kappa shape index (κ1) is 13.7. The third-order valence-electron chi connectivity index (χ3n) is 3.39. The Morgan fingerprint density at radius 1 is 1.43 bits per heavy atom. The number of nitrogens with two attached hydrogens (primary N) is 1. The van der Waals surface area contributed by atoms with Gasteiger partial charge in [0.1, 0.15) is 11.0 Å². The second-order valence-corrected chi connectivity index (χ2v) is 5.15. The summed E-state index contributed by atoms with van der Waals surface area (Å²) in [5.41, 5.74) is 7.58. The number of hydrogen-bond acceptors (Lipinski definition) is 4. The molecular formula is C14H13ClN4O2. The van der Waals surface area contributed by atoms with E-state index in [4.69, 9.17) is 17.3 Å². The molecule has 1 aromatic carbocycles. The molecule has 0 spiro atoms. The molecule has 2 aromatic heterocycles. The van der Waals surface area contributed by atoms with Crippen molar-refractivity contribution in [1.82, 2.24) is 15.0 Å². The lowest BCUT2D eigenvalue weighted by molar-refractivity contribution is 0.281. The number of nitrogens with zero attached hydrogens (tertiary/aromatic N) is 1. The summed E-state index contributed by atoms with van der Waals surface area (Å²) in [4.78, 5) is 21.3. The van der Waals surface area contributed by atoms with Gasteiger partial charge < -0.3 is 15.8 Å². The van der Waals surface area contributed by atoms with Crippen molar-refractivity contribution in [1.29, 1.82) is 0 Å². The van der Waals surface area contributed by atoms with E-state index in [1.807, 2.05) is 12.1 Å². The third kappa shape index (κ3) is 2.39. The Hall–Kier alpha value is -2.31. The molecule has 0 radical (unpaired) electrons. The van der Waals surface area contributed by atoms with Crippen molar-refractivity contribution in [2.75, 3.05) is 12.3 Å². The van der Waals surface area contributed by atoms with Crippen LogP contribution < -0.4 is 11.3 Å². The fourth-order valence-corrected chi connectivity index (χ4v) is 2.62. The SMILES string of the molecule is Nc1nc2c(C(CO)c3cccc(Cl)c3)c[nH]c2c(=O)[nH]1. The van der Waals surface area contributed by atoms with E-state index in [9.17, 15) is 9.90 Å².